The summed E-state index contributed by atoms with van der Waals surface area (Å²) >= 11 is 10.3. The Hall–Kier alpha value is -8.64. The number of hydrogen-bond acceptors (Lipinski definition) is 33. The predicted octanol–water partition coefficient (Wildman–Crippen LogP) is 6.41. The number of nitrogens with two attached hydrogens (primary N) is 3. The van der Waals surface area contributed by atoms with Gasteiger partial charge in [0, 0.05) is 66.0 Å². The third kappa shape index (κ3) is 21.1. The zero-order valence-electron chi connectivity index (χ0n) is 63.2. The van der Waals surface area contributed by atoms with Gasteiger partial charge in [-0.25, -0.2) is 50.1 Å². The fourth-order valence-corrected chi connectivity index (χ4v) is 18.9. The molecule has 0 radical (unpaired) electrons. The number of benzene rings is 1. The van der Waals surface area contributed by atoms with Gasteiger partial charge in [-0.2, -0.15) is 35.5 Å². The molecule has 0 bridgehead atoms. The first kappa shape index (κ1) is 85.2. The smallest absolute Gasteiger partial charge is 0.411 e. The first-order valence-corrected chi connectivity index (χ1v) is 44.2. The van der Waals surface area contributed by atoms with E-state index in [1.54, 1.807) is 11.0 Å². The predicted molar refractivity (Wildman–Crippen MR) is 424 cm³/mol. The van der Waals surface area contributed by atoms with Gasteiger partial charge in [0.1, 0.15) is 54.2 Å². The van der Waals surface area contributed by atoms with Crippen molar-refractivity contribution in [2.75, 3.05) is 55.5 Å². The topological polar surface area (TPSA) is 517 Å². The van der Waals surface area contributed by atoms with Gasteiger partial charge in [0.15, 0.2) is 0 Å². The second-order valence-corrected chi connectivity index (χ2v) is 36.7. The van der Waals surface area contributed by atoms with Crippen LogP contribution in [0.15, 0.2) is 102 Å². The van der Waals surface area contributed by atoms with Crippen molar-refractivity contribution in [3.05, 3.63) is 189 Å². The lowest BCUT2D eigenvalue weighted by molar-refractivity contribution is 0.0178. The van der Waals surface area contributed by atoms with Crippen molar-refractivity contribution in [3.8, 4) is 0 Å². The number of fused-ring (bicyclic) bond motifs is 3. The molecule has 0 spiro atoms. The molecular weight excluding hydrogens is 1650 g/mol. The largest absolute Gasteiger partial charge is 0.444 e. The molecule has 116 heavy (non-hydrogen) atoms. The maximum absolute atomic E-state index is 13.8. The van der Waals surface area contributed by atoms with E-state index in [1.165, 1.54) is 71.6 Å². The Morgan fingerprint density at radius 3 is 1.47 bits per heavy atom. The number of ketones is 3. The van der Waals surface area contributed by atoms with Crippen molar-refractivity contribution in [1.29, 1.82) is 0 Å². The molecule has 43 heteroatoms. The molecule has 12 N–H and O–H groups in total. The maximum Gasteiger partial charge on any atom is 0.411 e. The Morgan fingerprint density at radius 2 is 1.01 bits per heavy atom. The minimum Gasteiger partial charge on any atom is -0.444 e. The first-order valence-electron chi connectivity index (χ1n) is 36.8. The zero-order chi connectivity index (χ0) is 82.7. The standard InChI is InChI=1S/C29H34ClN5O7S2.2C22H26N6O6S2/c1-29(2,3)42-28(38)35-7-6-16-4-5-19(30)10-21(16)25(35)18-9-24(43-14-18)26(37)22-12-32-15-33-27(22)34-20-8-17(23(36)11-20)13-41-44(31,39)40;1-12-7-26-28-2-3-33-21(19(12)28)14-5-18(35-10-14)20(30)16-8-24-11-25-22(16)27-15-4-13(17(29)6-15)9-34-36(23,31)32;1-12-4-17-21(33-3-2-28(17)27-12)14-6-19(35-10-14)20(30)16-8-24-11-25-22(16)26-15-5-13(18(29)7-15)9-34-36(23,31)32/h4-5,9-10,12,14-15,17,20,23,25,36H,6-8,11,13H2,1-3H3,(H2,31,39,40)(H,32,33,34);5,7-8,10-11,13,15,17,21,29H,2-4,6,9H2,1H3,(H2,23,31,32)(H,24,25,27);4,6,8,10-11,13,15,18,21,29H,2-3,5,7,9H2,1H3,(H2,23,31,32)(H,24,25,26)/t17-,20-,23+,25?;13-,15-,17+,21?;13-,15-,18+,21?/m111/s1. The molecule has 3 saturated carbocycles. The number of aliphatic hydroxyl groups excluding tert-OH is 3. The lowest BCUT2D eigenvalue weighted by atomic mass is 9.89. The van der Waals surface area contributed by atoms with E-state index in [-0.39, 0.29) is 78.9 Å². The van der Waals surface area contributed by atoms with E-state index in [4.69, 9.17) is 41.2 Å². The Bertz CT molecular complexity index is 5450. The van der Waals surface area contributed by atoms with E-state index in [0.29, 0.717) is 120 Å². The molecule has 9 aromatic rings. The van der Waals surface area contributed by atoms with Gasteiger partial charge in [-0.1, -0.05) is 17.7 Å². The summed E-state index contributed by atoms with van der Waals surface area (Å²) in [6.45, 7) is 11.6. The van der Waals surface area contributed by atoms with E-state index in [0.717, 1.165) is 50.5 Å². The number of nitrogens with one attached hydrogen (secondary N) is 3. The van der Waals surface area contributed by atoms with Crippen LogP contribution in [0.25, 0.3) is 0 Å². The van der Waals surface area contributed by atoms with Gasteiger partial charge in [0.05, 0.1) is 125 Å². The van der Waals surface area contributed by atoms with Crippen molar-refractivity contribution >= 4 is 117 Å². The fourth-order valence-electron chi connectivity index (χ4n) is 15.0. The molecule has 1 amide bonds. The van der Waals surface area contributed by atoms with Gasteiger partial charge < -0.3 is 45.5 Å². The highest BCUT2D eigenvalue weighted by molar-refractivity contribution is 7.84. The van der Waals surface area contributed by atoms with E-state index in [2.05, 4.69) is 68.6 Å². The summed E-state index contributed by atoms with van der Waals surface area (Å²) in [5, 5.41) is 70.5. The normalized spacial score (nSPS) is 23.2. The van der Waals surface area contributed by atoms with Gasteiger partial charge >= 0.3 is 37.0 Å². The van der Waals surface area contributed by atoms with Crippen LogP contribution in [0.1, 0.15) is 174 Å². The molecule has 0 saturated heterocycles. The van der Waals surface area contributed by atoms with Crippen LogP contribution in [-0.4, -0.2) is 200 Å². The molecule has 36 nitrogen and oxygen atoms in total. The minimum absolute atomic E-state index is 0.215. The molecule has 8 aromatic heterocycles. The summed E-state index contributed by atoms with van der Waals surface area (Å²) < 4.78 is 102. The molecule has 3 unspecified atom stereocenters. The quantitative estimate of drug-likeness (QED) is 0.0295. The minimum atomic E-state index is -4.13. The van der Waals surface area contributed by atoms with E-state index >= 15 is 0 Å². The number of aromatic nitrogens is 10. The Balaban J connectivity index is 0.000000152. The Morgan fingerprint density at radius 1 is 0.578 bits per heavy atom. The number of amides is 1. The molecule has 15 rings (SSSR count). The van der Waals surface area contributed by atoms with E-state index in [9.17, 15) is 59.8 Å². The van der Waals surface area contributed by atoms with Crippen LogP contribution in [0.3, 0.4) is 0 Å². The van der Waals surface area contributed by atoms with Crippen molar-refractivity contribution < 1.29 is 86.5 Å². The number of nitrogens with zero attached hydrogens (tertiary/aromatic N) is 11. The second kappa shape index (κ2) is 35.9. The zero-order valence-corrected chi connectivity index (χ0v) is 68.9. The summed E-state index contributed by atoms with van der Waals surface area (Å²) in [5.41, 5.74) is 8.50. The number of ether oxygens (including phenoxy) is 3. The number of hydrogen-bond donors (Lipinski definition) is 9. The highest BCUT2D eigenvalue weighted by Crippen LogP contribution is 2.42. The lowest BCUT2D eigenvalue weighted by Crippen LogP contribution is -2.43. The highest BCUT2D eigenvalue weighted by Gasteiger charge is 2.41. The van der Waals surface area contributed by atoms with Crippen LogP contribution in [0.2, 0.25) is 5.02 Å². The number of anilines is 3. The van der Waals surface area contributed by atoms with Gasteiger partial charge in [0.25, 0.3) is 0 Å². The van der Waals surface area contributed by atoms with Crippen molar-refractivity contribution in [2.24, 2.45) is 33.2 Å². The fraction of sp³-hybridized carbons (Fsp3) is 0.452. The summed E-state index contributed by atoms with van der Waals surface area (Å²) in [6, 6.07) is 11.8. The lowest BCUT2D eigenvalue weighted by Gasteiger charge is -2.38. The average molecular weight is 1730 g/mol. The van der Waals surface area contributed by atoms with Crippen LogP contribution in [0.5, 0.6) is 0 Å². The third-order valence-electron chi connectivity index (χ3n) is 20.3. The van der Waals surface area contributed by atoms with Crippen LogP contribution in [-0.2, 0) is 77.2 Å². The summed E-state index contributed by atoms with van der Waals surface area (Å²) in [5.74, 6) is -1.12. The van der Waals surface area contributed by atoms with E-state index < -0.39 is 84.7 Å². The summed E-state index contributed by atoms with van der Waals surface area (Å²) in [4.78, 5) is 82.0. The molecule has 3 fully saturated rings. The third-order valence-corrected chi connectivity index (χ3v) is 24.8. The SMILES string of the molecule is CC(C)(C)OC(=O)N1CCc2ccc(Cl)cc2C1c1csc(C(=O)c2cncnc2N[C@@H]2C[C@H](COS(N)(=O)=O)[C@@H](O)C2)c1.Cc1cc2n(n1)CCOC2c1csc(C(=O)c2cncnc2N[C@@H]2C[C@H](COS(N)(=O)=O)[C@@H](O)C2)c1.Cc1cnn2c1C(c1csc(C(=O)c3cncnc3N[C@@H]3C[C@H](COS(N)(=O)=O)[C@@H](O)C3)c1)OCC2. The van der Waals surface area contributed by atoms with Crippen molar-refractivity contribution in [3.63, 3.8) is 0 Å². The number of carbonyl (C=O) groups excluding carboxylic acids is 4. The number of rotatable bonds is 24. The van der Waals surface area contributed by atoms with E-state index in [1.807, 2.05) is 103 Å². The first-order chi connectivity index (χ1) is 55.0. The number of thiophene rings is 3. The molecule has 1 aromatic carbocycles. The molecule has 6 aliphatic rings. The molecule has 12 atom stereocenters. The molecular formula is C73H86ClN17O19S6. The molecule has 3 aliphatic carbocycles. The number of carbonyl (C=O) groups is 4. The van der Waals surface area contributed by atoms with Crippen LogP contribution >= 0.6 is 45.6 Å². The van der Waals surface area contributed by atoms with Crippen LogP contribution in [0.4, 0.5) is 22.2 Å². The monoisotopic (exact) mass is 1730 g/mol. The van der Waals surface area contributed by atoms with Gasteiger partial charge in [-0.05, 0) is 165 Å². The number of halogens is 1. The number of aliphatic hydroxyl groups is 3. The Kier molecular flexibility index (Phi) is 26.4. The molecule has 11 heterocycles. The van der Waals surface area contributed by atoms with Gasteiger partial charge in [-0.3, -0.25) is 41.2 Å². The molecule has 3 aliphatic heterocycles. The average Bonchev–Trinajstić information content (AvgIpc) is 1.81. The van der Waals surface area contributed by atoms with Crippen LogP contribution < -0.4 is 31.4 Å². The maximum atomic E-state index is 13.8. The van der Waals surface area contributed by atoms with Gasteiger partial charge in [0.2, 0.25) is 17.3 Å². The van der Waals surface area contributed by atoms with Crippen molar-refractivity contribution in [2.45, 2.75) is 153 Å². The summed E-state index contributed by atoms with van der Waals surface area (Å²) in [7, 11) is -12.3. The second-order valence-electron chi connectivity index (χ2n) is 29.9. The number of aryl methyl sites for hydroxylation is 2. The highest BCUT2D eigenvalue weighted by atomic mass is 35.5. The Labute approximate surface area is 684 Å². The van der Waals surface area contributed by atoms with Crippen molar-refractivity contribution in [1.82, 2.24) is 54.4 Å². The van der Waals surface area contributed by atoms with Crippen LogP contribution in [0, 0.1) is 31.6 Å². The van der Waals surface area contributed by atoms with Gasteiger partial charge in [-0.15, -0.1) is 34.0 Å². The molecule has 620 valence electrons. The summed E-state index contributed by atoms with van der Waals surface area (Å²) in [6.07, 6.45) is 9.55.